The number of aliphatic carboxylic acids is 1. The van der Waals surface area contributed by atoms with Crippen LogP contribution in [-0.2, 0) is 36.8 Å². The number of unbranched alkanes of at least 4 members (excludes halogenated alkanes) is 1. The van der Waals surface area contributed by atoms with Crippen molar-refractivity contribution in [3.8, 4) is 0 Å². The quantitative estimate of drug-likeness (QED) is 0.461. The zero-order valence-electron chi connectivity index (χ0n) is 9.38. The molecule has 0 atom stereocenters. The summed E-state index contributed by atoms with van der Waals surface area (Å²) in [5.41, 5.74) is 0. The molecule has 0 saturated carbocycles. The summed E-state index contributed by atoms with van der Waals surface area (Å²) in [6, 6.07) is 0. The molecule has 5 heteroatoms. The van der Waals surface area contributed by atoms with Crippen molar-refractivity contribution in [3.05, 3.63) is 0 Å². The molecule has 0 aromatic heterocycles. The summed E-state index contributed by atoms with van der Waals surface area (Å²) in [7, 11) is 0. The van der Waals surface area contributed by atoms with Gasteiger partial charge in [-0.25, -0.2) is 0 Å². The second-order valence-electron chi connectivity index (χ2n) is 3.58. The molecule has 0 aliphatic carbocycles. The number of carbonyl (C=O) groups excluding carboxylic acids is 3. The molecule has 0 bridgehead atoms. The summed E-state index contributed by atoms with van der Waals surface area (Å²) >= 11 is 0. The molecule has 0 aliphatic rings. The minimum Gasteiger partial charge on any atom is -0.550 e. The third-order valence-electron chi connectivity index (χ3n) is 2.04. The van der Waals surface area contributed by atoms with Crippen molar-refractivity contribution in [1.82, 2.24) is 0 Å². The van der Waals surface area contributed by atoms with Crippen molar-refractivity contribution >= 4 is 17.5 Å². The average molecular weight is 321 g/mol. The Morgan fingerprint density at radius 3 is 1.88 bits per heavy atom. The Morgan fingerprint density at radius 2 is 1.44 bits per heavy atom. The van der Waals surface area contributed by atoms with E-state index in [0.717, 1.165) is 12.8 Å². The van der Waals surface area contributed by atoms with E-state index >= 15 is 0 Å². The van der Waals surface area contributed by atoms with E-state index < -0.39 is 5.97 Å². The molecule has 0 heterocycles. The fraction of sp³-hybridized carbons (Fsp3) is 0.727. The van der Waals surface area contributed by atoms with Gasteiger partial charge >= 0.3 is 22.4 Å². The van der Waals surface area contributed by atoms with Gasteiger partial charge in [0.2, 0.25) is 0 Å². The van der Waals surface area contributed by atoms with Crippen molar-refractivity contribution in [3.63, 3.8) is 0 Å². The summed E-state index contributed by atoms with van der Waals surface area (Å²) in [5.74, 6) is -1.37. The molecule has 0 aromatic carbocycles. The first-order chi connectivity index (χ1) is 7.06. The molecule has 0 aliphatic heterocycles. The molecule has 0 rings (SSSR count). The third kappa shape index (κ3) is 11.6. The Morgan fingerprint density at radius 1 is 0.938 bits per heavy atom. The maximum Gasteiger partial charge on any atom is 1.00 e. The van der Waals surface area contributed by atoms with Crippen LogP contribution in [0.3, 0.4) is 0 Å². The summed E-state index contributed by atoms with van der Waals surface area (Å²) in [6.07, 6.45) is 2.45. The Hall–Kier alpha value is -0.450. The number of carbonyl (C=O) groups is 3. The van der Waals surface area contributed by atoms with Gasteiger partial charge in [-0.1, -0.05) is 13.3 Å². The van der Waals surface area contributed by atoms with Crippen molar-refractivity contribution in [2.24, 2.45) is 0 Å². The molecule has 0 unspecified atom stereocenters. The molecule has 0 amide bonds. The molecule has 0 spiro atoms. The summed E-state index contributed by atoms with van der Waals surface area (Å²) < 4.78 is 0. The zero-order chi connectivity index (χ0) is 11.7. The van der Waals surface area contributed by atoms with E-state index in [1.165, 1.54) is 0 Å². The van der Waals surface area contributed by atoms with Gasteiger partial charge < -0.3 is 9.90 Å². The van der Waals surface area contributed by atoms with Crippen molar-refractivity contribution in [2.45, 2.75) is 51.9 Å². The van der Waals surface area contributed by atoms with Gasteiger partial charge in [0.15, 0.2) is 0 Å². The minimum absolute atomic E-state index is 0. The van der Waals surface area contributed by atoms with Crippen LogP contribution in [-0.4, -0.2) is 17.5 Å². The van der Waals surface area contributed by atoms with Gasteiger partial charge in [-0.2, -0.15) is 0 Å². The standard InChI is InChI=1S/C11H18O4.Ag/c1-2-3-5-9(12)8-10(13)6-4-7-11(14)15;/h2-8H2,1H3,(H,14,15);/q;+1/p-1. The molecular formula is C11H17AgO4. The third-order valence-corrected chi connectivity index (χ3v) is 2.04. The van der Waals surface area contributed by atoms with Crippen LogP contribution < -0.4 is 5.11 Å². The summed E-state index contributed by atoms with van der Waals surface area (Å²) in [6.45, 7) is 1.98. The van der Waals surface area contributed by atoms with E-state index in [1.807, 2.05) is 6.92 Å². The molecule has 16 heavy (non-hydrogen) atoms. The van der Waals surface area contributed by atoms with Crippen molar-refractivity contribution in [2.75, 3.05) is 0 Å². The van der Waals surface area contributed by atoms with Crippen LogP contribution in [0.2, 0.25) is 0 Å². The van der Waals surface area contributed by atoms with Crippen LogP contribution in [0.15, 0.2) is 0 Å². The first-order valence-electron chi connectivity index (χ1n) is 5.29. The molecule has 0 saturated heterocycles. The maximum atomic E-state index is 11.2. The molecule has 0 radical (unpaired) electrons. The Labute approximate surface area is 111 Å². The molecule has 0 fully saturated rings. The van der Waals surface area contributed by atoms with Gasteiger partial charge in [0.05, 0.1) is 6.42 Å². The van der Waals surface area contributed by atoms with E-state index in [0.29, 0.717) is 6.42 Å². The van der Waals surface area contributed by atoms with Gasteiger partial charge in [-0.05, 0) is 19.3 Å². The molecule has 96 valence electrons. The normalized spacial score (nSPS) is 9.31. The number of Topliss-reactive ketones (excluding diaryl/α,β-unsaturated/α-hetero) is 2. The fourth-order valence-corrected chi connectivity index (χ4v) is 1.20. The number of carboxylic acids is 1. The summed E-state index contributed by atoms with van der Waals surface area (Å²) in [4.78, 5) is 32.4. The predicted octanol–water partition coefficient (Wildman–Crippen LogP) is 0.623. The van der Waals surface area contributed by atoms with E-state index in [-0.39, 0.29) is 59.6 Å². The van der Waals surface area contributed by atoms with Gasteiger partial charge in [0, 0.05) is 18.8 Å². The van der Waals surface area contributed by atoms with E-state index in [9.17, 15) is 19.5 Å². The number of carboxylic acid groups (broad SMARTS) is 1. The van der Waals surface area contributed by atoms with E-state index in [4.69, 9.17) is 0 Å². The Balaban J connectivity index is 0. The van der Waals surface area contributed by atoms with Crippen molar-refractivity contribution < 1.29 is 41.9 Å². The van der Waals surface area contributed by atoms with E-state index in [2.05, 4.69) is 0 Å². The smallest absolute Gasteiger partial charge is 0.550 e. The molecule has 4 nitrogen and oxygen atoms in total. The van der Waals surface area contributed by atoms with Crippen LogP contribution in [0, 0.1) is 0 Å². The maximum absolute atomic E-state index is 11.2. The number of rotatable bonds is 9. The molecular weight excluding hydrogens is 304 g/mol. The van der Waals surface area contributed by atoms with Crippen LogP contribution in [0.1, 0.15) is 51.9 Å². The first-order valence-corrected chi connectivity index (χ1v) is 5.29. The van der Waals surface area contributed by atoms with Gasteiger partial charge in [0.1, 0.15) is 11.6 Å². The fourth-order valence-electron chi connectivity index (χ4n) is 1.20. The van der Waals surface area contributed by atoms with Crippen LogP contribution >= 0.6 is 0 Å². The topological polar surface area (TPSA) is 74.3 Å². The minimum atomic E-state index is -1.15. The average Bonchev–Trinajstić information content (AvgIpc) is 2.14. The monoisotopic (exact) mass is 320 g/mol. The molecule has 0 aromatic rings. The first kappa shape index (κ1) is 17.9. The number of hydrogen-bond donors (Lipinski definition) is 0. The second-order valence-corrected chi connectivity index (χ2v) is 3.58. The van der Waals surface area contributed by atoms with Gasteiger partial charge in [0.25, 0.3) is 0 Å². The number of ketones is 2. The summed E-state index contributed by atoms with van der Waals surface area (Å²) in [5, 5.41) is 10.1. The second kappa shape index (κ2) is 11.0. The SMILES string of the molecule is CCCCC(=O)CC(=O)CCCC(=O)[O-].[Ag+]. The Bertz CT molecular complexity index is 238. The predicted molar refractivity (Wildman–Crippen MR) is 53.0 cm³/mol. The Kier molecular flexibility index (Phi) is 12.4. The molecule has 0 N–H and O–H groups in total. The largest absolute Gasteiger partial charge is 1.00 e. The van der Waals surface area contributed by atoms with Crippen LogP contribution in [0.5, 0.6) is 0 Å². The van der Waals surface area contributed by atoms with Crippen molar-refractivity contribution in [1.29, 1.82) is 0 Å². The van der Waals surface area contributed by atoms with Crippen LogP contribution in [0.4, 0.5) is 0 Å². The van der Waals surface area contributed by atoms with E-state index in [1.54, 1.807) is 0 Å². The van der Waals surface area contributed by atoms with Crippen LogP contribution in [0.25, 0.3) is 0 Å². The number of hydrogen-bond acceptors (Lipinski definition) is 4. The zero-order valence-corrected chi connectivity index (χ0v) is 10.9. The van der Waals surface area contributed by atoms with Gasteiger partial charge in [-0.3, -0.25) is 9.59 Å². The van der Waals surface area contributed by atoms with Gasteiger partial charge in [-0.15, -0.1) is 0 Å².